The monoisotopic (exact) mass is 446 g/mol. The fraction of sp³-hybridized carbons (Fsp3) is 0.280. The number of hydrogen-bond acceptors (Lipinski definition) is 5. The quantitative estimate of drug-likeness (QED) is 0.664. The first-order valence-electron chi connectivity index (χ1n) is 10.9. The number of carbonyl (C=O) groups excluding carboxylic acids is 3. The highest BCUT2D eigenvalue weighted by Gasteiger charge is 2.52. The van der Waals surface area contributed by atoms with E-state index in [-0.39, 0.29) is 24.8 Å². The Morgan fingerprint density at radius 3 is 2.73 bits per heavy atom. The Morgan fingerprint density at radius 2 is 2.00 bits per heavy atom. The molecule has 2 aliphatic heterocycles. The number of hydrogen-bond donors (Lipinski definition) is 2. The second-order valence-electron chi connectivity index (χ2n) is 8.29. The van der Waals surface area contributed by atoms with Gasteiger partial charge in [-0.05, 0) is 36.8 Å². The zero-order valence-electron chi connectivity index (χ0n) is 18.4. The molecule has 33 heavy (non-hydrogen) atoms. The lowest BCUT2D eigenvalue weighted by molar-refractivity contribution is -0.133. The molecule has 1 spiro atoms. The Kier molecular flexibility index (Phi) is 6.26. The molecule has 3 amide bonds. The van der Waals surface area contributed by atoms with Crippen LogP contribution in [0.2, 0.25) is 0 Å². The van der Waals surface area contributed by atoms with Crippen molar-refractivity contribution in [2.45, 2.75) is 37.8 Å². The predicted molar refractivity (Wildman–Crippen MR) is 125 cm³/mol. The topological polar surface area (TPSA) is 114 Å². The van der Waals surface area contributed by atoms with Crippen LogP contribution in [0.5, 0.6) is 0 Å². The lowest BCUT2D eigenvalue weighted by Gasteiger charge is -2.21. The molecule has 2 aromatic rings. The Hall–Kier alpha value is -3.94. The van der Waals surface area contributed by atoms with Crippen LogP contribution >= 0.6 is 0 Å². The Labute approximate surface area is 192 Å². The van der Waals surface area contributed by atoms with Gasteiger partial charge in [0, 0.05) is 29.7 Å². The number of likely N-dealkylation sites (tertiary alicyclic amines) is 1. The number of oxime groups is 1. The maximum atomic E-state index is 12.6. The fourth-order valence-electron chi connectivity index (χ4n) is 4.19. The number of anilines is 1. The van der Waals surface area contributed by atoms with Crippen molar-refractivity contribution in [1.29, 1.82) is 0 Å². The van der Waals surface area contributed by atoms with Gasteiger partial charge in [-0.2, -0.15) is 0 Å². The molecular weight excluding hydrogens is 420 g/mol. The highest BCUT2D eigenvalue weighted by atomic mass is 16.7. The first-order valence-corrected chi connectivity index (χ1v) is 10.9. The molecule has 8 nitrogen and oxygen atoms in total. The Balaban J connectivity index is 1.48. The smallest absolute Gasteiger partial charge is 0.255 e. The van der Waals surface area contributed by atoms with Crippen LogP contribution in [0.1, 0.15) is 42.1 Å². The van der Waals surface area contributed by atoms with Gasteiger partial charge in [0.25, 0.3) is 5.91 Å². The molecule has 2 heterocycles. The predicted octanol–water partition coefficient (Wildman–Crippen LogP) is 2.85. The van der Waals surface area contributed by atoms with E-state index < -0.39 is 17.6 Å². The molecule has 0 radical (unpaired) electrons. The van der Waals surface area contributed by atoms with Crippen LogP contribution in [-0.4, -0.2) is 46.5 Å². The van der Waals surface area contributed by atoms with Crippen molar-refractivity contribution in [3.05, 3.63) is 77.9 Å². The number of primary amides is 1. The SMILES string of the molecule is CCC=CC(=O)N1CC2(CC(c3cccc(NC(=O)c4ccccc4)c3)=NO2)CC1C(N)=O. The van der Waals surface area contributed by atoms with Gasteiger partial charge in [0.1, 0.15) is 6.04 Å². The van der Waals surface area contributed by atoms with E-state index in [0.29, 0.717) is 29.8 Å². The number of rotatable bonds is 6. The fourth-order valence-corrected chi connectivity index (χ4v) is 4.19. The molecule has 4 rings (SSSR count). The van der Waals surface area contributed by atoms with E-state index in [1.807, 2.05) is 43.3 Å². The third-order valence-corrected chi connectivity index (χ3v) is 5.84. The molecule has 0 bridgehead atoms. The lowest BCUT2D eigenvalue weighted by atomic mass is 9.91. The number of carbonyl (C=O) groups is 3. The second kappa shape index (κ2) is 9.28. The van der Waals surface area contributed by atoms with Gasteiger partial charge in [-0.1, -0.05) is 48.5 Å². The number of allylic oxidation sites excluding steroid dienone is 1. The third kappa shape index (κ3) is 4.79. The summed E-state index contributed by atoms with van der Waals surface area (Å²) in [6, 6.07) is 15.6. The summed E-state index contributed by atoms with van der Waals surface area (Å²) in [5.41, 5.74) is 7.46. The van der Waals surface area contributed by atoms with Crippen LogP contribution in [0.15, 0.2) is 71.9 Å². The second-order valence-corrected chi connectivity index (χ2v) is 8.29. The van der Waals surface area contributed by atoms with Crippen LogP contribution < -0.4 is 11.1 Å². The summed E-state index contributed by atoms with van der Waals surface area (Å²) >= 11 is 0. The van der Waals surface area contributed by atoms with Crippen molar-refractivity contribution in [1.82, 2.24) is 4.90 Å². The summed E-state index contributed by atoms with van der Waals surface area (Å²) in [5, 5.41) is 7.16. The number of nitrogens with zero attached hydrogens (tertiary/aromatic N) is 2. The molecule has 2 aliphatic rings. The van der Waals surface area contributed by atoms with Crippen molar-refractivity contribution in [2.24, 2.45) is 10.9 Å². The molecule has 1 saturated heterocycles. The van der Waals surface area contributed by atoms with E-state index in [2.05, 4.69) is 10.5 Å². The molecule has 170 valence electrons. The molecule has 0 aromatic heterocycles. The van der Waals surface area contributed by atoms with Crippen LogP contribution in [0, 0.1) is 0 Å². The number of amides is 3. The summed E-state index contributed by atoms with van der Waals surface area (Å²) in [6.45, 7) is 2.16. The lowest BCUT2D eigenvalue weighted by Crippen LogP contribution is -2.43. The van der Waals surface area contributed by atoms with E-state index in [4.69, 9.17) is 10.6 Å². The summed E-state index contributed by atoms with van der Waals surface area (Å²) in [6.07, 6.45) is 4.63. The minimum absolute atomic E-state index is 0.205. The van der Waals surface area contributed by atoms with Crippen molar-refractivity contribution < 1.29 is 19.2 Å². The Morgan fingerprint density at radius 1 is 1.21 bits per heavy atom. The molecule has 1 fully saturated rings. The van der Waals surface area contributed by atoms with Crippen LogP contribution in [0.25, 0.3) is 0 Å². The van der Waals surface area contributed by atoms with E-state index in [1.54, 1.807) is 24.3 Å². The largest absolute Gasteiger partial charge is 0.387 e. The molecule has 0 saturated carbocycles. The molecule has 8 heteroatoms. The third-order valence-electron chi connectivity index (χ3n) is 5.84. The zero-order valence-corrected chi connectivity index (χ0v) is 18.4. The molecule has 2 atom stereocenters. The standard InChI is InChI=1S/C25H26N4O4/c1-2-3-12-22(30)29-16-25(15-21(29)23(26)31)14-20(28-33-25)18-10-7-11-19(13-18)27-24(32)17-8-5-4-6-9-17/h3-13,21H,2,14-16H2,1H3,(H2,26,31)(H,27,32). The highest BCUT2D eigenvalue weighted by Crippen LogP contribution is 2.39. The van der Waals surface area contributed by atoms with Gasteiger partial charge in [0.05, 0.1) is 12.3 Å². The van der Waals surface area contributed by atoms with Gasteiger partial charge in [-0.25, -0.2) is 0 Å². The first-order chi connectivity index (χ1) is 15.9. The van der Waals surface area contributed by atoms with Crippen molar-refractivity contribution in [3.8, 4) is 0 Å². The minimum Gasteiger partial charge on any atom is -0.387 e. The minimum atomic E-state index is -0.798. The first kappa shape index (κ1) is 22.3. The van der Waals surface area contributed by atoms with Gasteiger partial charge in [-0.3, -0.25) is 14.4 Å². The van der Waals surface area contributed by atoms with Gasteiger partial charge in [0.2, 0.25) is 11.8 Å². The van der Waals surface area contributed by atoms with E-state index in [1.165, 1.54) is 11.0 Å². The maximum absolute atomic E-state index is 12.6. The average Bonchev–Trinajstić information content (AvgIpc) is 3.42. The summed E-state index contributed by atoms with van der Waals surface area (Å²) in [4.78, 5) is 44.3. The molecule has 3 N–H and O–H groups in total. The molecule has 2 aromatic carbocycles. The highest BCUT2D eigenvalue weighted by molar-refractivity contribution is 6.06. The summed E-state index contributed by atoms with van der Waals surface area (Å²) in [5.74, 6) is -1.03. The average molecular weight is 447 g/mol. The van der Waals surface area contributed by atoms with Crippen LogP contribution in [-0.2, 0) is 14.4 Å². The van der Waals surface area contributed by atoms with Crippen molar-refractivity contribution in [3.63, 3.8) is 0 Å². The van der Waals surface area contributed by atoms with Crippen LogP contribution in [0.4, 0.5) is 5.69 Å². The number of nitrogens with one attached hydrogen (secondary N) is 1. The van der Waals surface area contributed by atoms with E-state index in [0.717, 1.165) is 5.56 Å². The van der Waals surface area contributed by atoms with Gasteiger partial charge >= 0.3 is 0 Å². The normalized spacial score (nSPS) is 21.8. The summed E-state index contributed by atoms with van der Waals surface area (Å²) < 4.78 is 0. The Bertz CT molecular complexity index is 1130. The van der Waals surface area contributed by atoms with Crippen LogP contribution in [0.3, 0.4) is 0 Å². The summed E-state index contributed by atoms with van der Waals surface area (Å²) in [7, 11) is 0. The number of benzene rings is 2. The van der Waals surface area contributed by atoms with Crippen molar-refractivity contribution in [2.75, 3.05) is 11.9 Å². The van der Waals surface area contributed by atoms with Gasteiger partial charge in [0.15, 0.2) is 5.60 Å². The van der Waals surface area contributed by atoms with E-state index >= 15 is 0 Å². The van der Waals surface area contributed by atoms with Crippen molar-refractivity contribution >= 4 is 29.1 Å². The molecule has 2 unspecified atom stereocenters. The van der Waals surface area contributed by atoms with Gasteiger partial charge < -0.3 is 20.8 Å². The molecular formula is C25H26N4O4. The zero-order chi connectivity index (χ0) is 23.4. The van der Waals surface area contributed by atoms with Gasteiger partial charge in [-0.15, -0.1) is 0 Å². The van der Waals surface area contributed by atoms with E-state index in [9.17, 15) is 14.4 Å². The maximum Gasteiger partial charge on any atom is 0.255 e. The number of nitrogens with two attached hydrogens (primary N) is 1. The molecule has 0 aliphatic carbocycles.